The Labute approximate surface area is 166 Å². The van der Waals surface area contributed by atoms with E-state index in [1.54, 1.807) is 38.6 Å². The van der Waals surface area contributed by atoms with Crippen molar-refractivity contribution in [2.75, 3.05) is 43.0 Å². The Morgan fingerprint density at radius 2 is 1.79 bits per heavy atom. The number of anilines is 2. The number of nitrogens with one attached hydrogen (secondary N) is 1. The van der Waals surface area contributed by atoms with Gasteiger partial charge in [-0.2, -0.15) is 5.10 Å². The minimum absolute atomic E-state index is 0.280. The maximum absolute atomic E-state index is 13.4. The number of aromatic nitrogens is 2. The van der Waals surface area contributed by atoms with Crippen molar-refractivity contribution in [3.8, 4) is 5.75 Å². The predicted molar refractivity (Wildman–Crippen MR) is 109 cm³/mol. The first-order valence-electron chi connectivity index (χ1n) is 9.21. The quantitative estimate of drug-likeness (QED) is 0.817. The third-order valence-electron chi connectivity index (χ3n) is 5.21. The highest BCUT2D eigenvalue weighted by molar-refractivity contribution is 7.92. The highest BCUT2D eigenvalue weighted by atomic mass is 32.2. The molecule has 3 rings (SSSR count). The Balaban J connectivity index is 2.06. The van der Waals surface area contributed by atoms with Crippen LogP contribution in [0.1, 0.15) is 22.4 Å². The van der Waals surface area contributed by atoms with Crippen LogP contribution in [0.15, 0.2) is 11.0 Å². The zero-order valence-corrected chi connectivity index (χ0v) is 18.1. The standard InChI is InChI=1S/C19H28N4O4S/c1-12-11-16(26-6)13(2)14(3)18(12)28(24,25)21-17-15(4)20-22(5)19(17)23-7-9-27-10-8-23/h11,21H,7-10H2,1-6H3. The molecule has 2 aromatic rings. The Morgan fingerprint density at radius 1 is 1.14 bits per heavy atom. The van der Waals surface area contributed by atoms with Crippen LogP contribution in [-0.2, 0) is 21.8 Å². The highest BCUT2D eigenvalue weighted by Gasteiger charge is 2.28. The van der Waals surface area contributed by atoms with Gasteiger partial charge in [-0.1, -0.05) is 0 Å². The topological polar surface area (TPSA) is 85.7 Å². The summed E-state index contributed by atoms with van der Waals surface area (Å²) in [5, 5.41) is 4.44. The number of sulfonamides is 1. The Kier molecular flexibility index (Phi) is 5.58. The van der Waals surface area contributed by atoms with Gasteiger partial charge in [0.15, 0.2) is 5.82 Å². The summed E-state index contributed by atoms with van der Waals surface area (Å²) < 4.78 is 42.0. The molecular weight excluding hydrogens is 380 g/mol. The lowest BCUT2D eigenvalue weighted by atomic mass is 10.1. The average Bonchev–Trinajstić information content (AvgIpc) is 2.91. The molecule has 0 atom stereocenters. The fraction of sp³-hybridized carbons (Fsp3) is 0.526. The van der Waals surface area contributed by atoms with Gasteiger partial charge in [0.05, 0.1) is 30.9 Å². The SMILES string of the molecule is COc1cc(C)c(S(=O)(=O)Nc2c(C)nn(C)c2N2CCOCC2)c(C)c1C. The van der Waals surface area contributed by atoms with Gasteiger partial charge in [-0.25, -0.2) is 8.42 Å². The van der Waals surface area contributed by atoms with Crippen molar-refractivity contribution < 1.29 is 17.9 Å². The van der Waals surface area contributed by atoms with Crippen LogP contribution in [0.5, 0.6) is 5.75 Å². The van der Waals surface area contributed by atoms with Crippen molar-refractivity contribution in [2.45, 2.75) is 32.6 Å². The smallest absolute Gasteiger partial charge is 0.262 e. The number of ether oxygens (including phenoxy) is 2. The van der Waals surface area contributed by atoms with Crippen LogP contribution in [0.2, 0.25) is 0 Å². The maximum Gasteiger partial charge on any atom is 0.262 e. The number of methoxy groups -OCH3 is 1. The molecule has 0 amide bonds. The molecule has 1 N–H and O–H groups in total. The van der Waals surface area contributed by atoms with Crippen LogP contribution in [0.3, 0.4) is 0 Å². The average molecular weight is 409 g/mol. The molecule has 0 bridgehead atoms. The largest absolute Gasteiger partial charge is 0.496 e. The molecule has 0 radical (unpaired) electrons. The third-order valence-corrected chi connectivity index (χ3v) is 6.84. The monoisotopic (exact) mass is 408 g/mol. The summed E-state index contributed by atoms with van der Waals surface area (Å²) in [6, 6.07) is 1.76. The lowest BCUT2D eigenvalue weighted by molar-refractivity contribution is 0.122. The number of aryl methyl sites for hydroxylation is 3. The van der Waals surface area contributed by atoms with Crippen molar-refractivity contribution in [1.82, 2.24) is 9.78 Å². The van der Waals surface area contributed by atoms with Crippen LogP contribution in [0.4, 0.5) is 11.5 Å². The summed E-state index contributed by atoms with van der Waals surface area (Å²) in [5.41, 5.74) is 3.27. The molecule has 154 valence electrons. The van der Waals surface area contributed by atoms with E-state index in [1.165, 1.54) is 0 Å². The number of hydrogen-bond acceptors (Lipinski definition) is 6. The first-order chi connectivity index (χ1) is 13.2. The van der Waals surface area contributed by atoms with Gasteiger partial charge in [-0.15, -0.1) is 0 Å². The van der Waals surface area contributed by atoms with Crippen molar-refractivity contribution in [2.24, 2.45) is 7.05 Å². The van der Waals surface area contributed by atoms with Gasteiger partial charge >= 0.3 is 0 Å². The lowest BCUT2D eigenvalue weighted by Gasteiger charge is -2.29. The van der Waals surface area contributed by atoms with Crippen molar-refractivity contribution in [1.29, 1.82) is 0 Å². The lowest BCUT2D eigenvalue weighted by Crippen LogP contribution is -2.38. The second kappa shape index (κ2) is 7.63. The van der Waals surface area contributed by atoms with E-state index in [-0.39, 0.29) is 4.90 Å². The van der Waals surface area contributed by atoms with Crippen LogP contribution in [0, 0.1) is 27.7 Å². The Morgan fingerprint density at radius 3 is 2.39 bits per heavy atom. The van der Waals surface area contributed by atoms with Gasteiger partial charge in [-0.3, -0.25) is 9.40 Å². The molecule has 8 nitrogen and oxygen atoms in total. The van der Waals surface area contributed by atoms with Gasteiger partial charge in [0.2, 0.25) is 0 Å². The van der Waals surface area contributed by atoms with Crippen molar-refractivity contribution in [3.63, 3.8) is 0 Å². The summed E-state index contributed by atoms with van der Waals surface area (Å²) in [5.74, 6) is 1.44. The summed E-state index contributed by atoms with van der Waals surface area (Å²) in [7, 11) is -0.402. The second-order valence-corrected chi connectivity index (χ2v) is 8.71. The summed E-state index contributed by atoms with van der Waals surface area (Å²) in [6.45, 7) is 9.84. The fourth-order valence-corrected chi connectivity index (χ4v) is 5.38. The minimum Gasteiger partial charge on any atom is -0.496 e. The molecule has 0 unspecified atom stereocenters. The highest BCUT2D eigenvalue weighted by Crippen LogP contribution is 2.35. The van der Waals surface area contributed by atoms with Gasteiger partial charge in [0.25, 0.3) is 10.0 Å². The van der Waals surface area contributed by atoms with Crippen LogP contribution in [-0.4, -0.2) is 51.6 Å². The molecule has 0 saturated carbocycles. The van der Waals surface area contributed by atoms with Crippen LogP contribution >= 0.6 is 0 Å². The number of morpholine rings is 1. The van der Waals surface area contributed by atoms with E-state index in [0.29, 0.717) is 54.6 Å². The normalized spacial score (nSPS) is 15.0. The molecule has 0 spiro atoms. The molecular formula is C19H28N4O4S. The third kappa shape index (κ3) is 3.56. The molecule has 1 aromatic carbocycles. The molecule has 0 aliphatic carbocycles. The zero-order valence-electron chi connectivity index (χ0n) is 17.3. The first kappa shape index (κ1) is 20.5. The predicted octanol–water partition coefficient (Wildman–Crippen LogP) is 2.30. The Hall–Kier alpha value is -2.26. The number of hydrogen-bond donors (Lipinski definition) is 1. The van der Waals surface area contributed by atoms with Crippen LogP contribution < -0.4 is 14.4 Å². The second-order valence-electron chi connectivity index (χ2n) is 7.09. The molecule has 1 aromatic heterocycles. The fourth-order valence-electron chi connectivity index (χ4n) is 3.74. The van der Waals surface area contributed by atoms with E-state index in [0.717, 1.165) is 11.4 Å². The van der Waals surface area contributed by atoms with Crippen molar-refractivity contribution >= 4 is 21.5 Å². The molecule has 1 fully saturated rings. The Bertz CT molecular complexity index is 992. The maximum atomic E-state index is 13.4. The molecule has 1 aliphatic rings. The van der Waals surface area contributed by atoms with Gasteiger partial charge in [0.1, 0.15) is 11.4 Å². The van der Waals surface area contributed by atoms with E-state index in [2.05, 4.69) is 14.7 Å². The summed E-state index contributed by atoms with van der Waals surface area (Å²) in [6.07, 6.45) is 0. The van der Waals surface area contributed by atoms with Gasteiger partial charge in [-0.05, 0) is 50.5 Å². The zero-order chi connectivity index (χ0) is 20.6. The van der Waals surface area contributed by atoms with E-state index in [1.807, 2.05) is 14.0 Å². The van der Waals surface area contributed by atoms with E-state index in [9.17, 15) is 8.42 Å². The van der Waals surface area contributed by atoms with Gasteiger partial charge < -0.3 is 14.4 Å². The molecule has 28 heavy (non-hydrogen) atoms. The summed E-state index contributed by atoms with van der Waals surface area (Å²) >= 11 is 0. The van der Waals surface area contributed by atoms with E-state index < -0.39 is 10.0 Å². The minimum atomic E-state index is -3.81. The molecule has 1 saturated heterocycles. The van der Waals surface area contributed by atoms with Crippen molar-refractivity contribution in [3.05, 3.63) is 28.5 Å². The van der Waals surface area contributed by atoms with Gasteiger partial charge in [0, 0.05) is 20.1 Å². The van der Waals surface area contributed by atoms with Crippen LogP contribution in [0.25, 0.3) is 0 Å². The molecule has 9 heteroatoms. The number of benzene rings is 1. The van der Waals surface area contributed by atoms with E-state index in [4.69, 9.17) is 9.47 Å². The molecule has 1 aliphatic heterocycles. The first-order valence-corrected chi connectivity index (χ1v) is 10.7. The van der Waals surface area contributed by atoms with E-state index >= 15 is 0 Å². The number of nitrogens with zero attached hydrogens (tertiary/aromatic N) is 3. The number of rotatable bonds is 5. The molecule has 2 heterocycles. The summed E-state index contributed by atoms with van der Waals surface area (Å²) in [4.78, 5) is 2.38.